The van der Waals surface area contributed by atoms with Gasteiger partial charge in [0.1, 0.15) is 5.75 Å². The summed E-state index contributed by atoms with van der Waals surface area (Å²) in [6, 6.07) is 8.04. The van der Waals surface area contributed by atoms with E-state index in [2.05, 4.69) is 22.3 Å². The molecular weight excluding hydrogens is 280 g/mol. The molecule has 0 radical (unpaired) electrons. The van der Waals surface area contributed by atoms with Crippen molar-refractivity contribution in [2.75, 3.05) is 46.5 Å². The van der Waals surface area contributed by atoms with Crippen molar-refractivity contribution in [1.82, 2.24) is 10.2 Å². The van der Waals surface area contributed by atoms with Crippen LogP contribution in [0.3, 0.4) is 0 Å². The molecule has 1 amide bonds. The van der Waals surface area contributed by atoms with Gasteiger partial charge < -0.3 is 14.8 Å². The molecule has 0 spiro atoms. The van der Waals surface area contributed by atoms with Gasteiger partial charge in [-0.05, 0) is 30.0 Å². The van der Waals surface area contributed by atoms with Crippen molar-refractivity contribution in [3.63, 3.8) is 0 Å². The Morgan fingerprint density at radius 2 is 2.05 bits per heavy atom. The molecule has 2 unspecified atom stereocenters. The highest BCUT2D eigenvalue weighted by Crippen LogP contribution is 2.47. The van der Waals surface area contributed by atoms with Crippen LogP contribution in [0.1, 0.15) is 17.9 Å². The first-order chi connectivity index (χ1) is 10.8. The Hall–Kier alpha value is -1.59. The third kappa shape index (κ3) is 3.78. The maximum atomic E-state index is 12.2. The van der Waals surface area contributed by atoms with Gasteiger partial charge in [-0.1, -0.05) is 12.1 Å². The molecule has 1 aromatic rings. The fourth-order valence-corrected chi connectivity index (χ4v) is 3.00. The molecule has 1 aromatic carbocycles. The number of hydrogen-bond donors (Lipinski definition) is 1. The Labute approximate surface area is 131 Å². The van der Waals surface area contributed by atoms with Gasteiger partial charge in [0.15, 0.2) is 0 Å². The highest BCUT2D eigenvalue weighted by molar-refractivity contribution is 5.82. The molecule has 2 fully saturated rings. The summed E-state index contributed by atoms with van der Waals surface area (Å²) in [5.41, 5.74) is 1.23. The van der Waals surface area contributed by atoms with Crippen molar-refractivity contribution in [2.45, 2.75) is 12.3 Å². The number of benzene rings is 1. The minimum Gasteiger partial charge on any atom is -0.497 e. The van der Waals surface area contributed by atoms with Crippen LogP contribution in [0, 0.1) is 5.92 Å². The van der Waals surface area contributed by atoms with E-state index in [4.69, 9.17) is 9.47 Å². The molecule has 1 saturated heterocycles. The molecule has 5 heteroatoms. The van der Waals surface area contributed by atoms with E-state index in [1.54, 1.807) is 7.11 Å². The van der Waals surface area contributed by atoms with Crippen molar-refractivity contribution >= 4 is 5.91 Å². The van der Waals surface area contributed by atoms with Gasteiger partial charge in [0.25, 0.3) is 0 Å². The summed E-state index contributed by atoms with van der Waals surface area (Å²) in [5.74, 6) is 1.55. The molecule has 1 heterocycles. The molecule has 1 saturated carbocycles. The molecule has 2 atom stereocenters. The van der Waals surface area contributed by atoms with Crippen LogP contribution in [0.5, 0.6) is 5.75 Å². The topological polar surface area (TPSA) is 50.8 Å². The third-order valence-electron chi connectivity index (χ3n) is 4.50. The molecule has 3 rings (SSSR count). The van der Waals surface area contributed by atoms with Gasteiger partial charge in [-0.3, -0.25) is 9.69 Å². The molecular formula is C17H24N2O3. The number of rotatable bonds is 6. The molecule has 5 nitrogen and oxygen atoms in total. The number of nitrogens with zero attached hydrogens (tertiary/aromatic N) is 1. The molecule has 0 aromatic heterocycles. The van der Waals surface area contributed by atoms with E-state index >= 15 is 0 Å². The van der Waals surface area contributed by atoms with Crippen LogP contribution in [-0.4, -0.2) is 57.3 Å². The highest BCUT2D eigenvalue weighted by Gasteiger charge is 2.43. The lowest BCUT2D eigenvalue weighted by molar-refractivity contribution is -0.122. The largest absolute Gasteiger partial charge is 0.497 e. The number of carbonyl (C=O) groups is 1. The van der Waals surface area contributed by atoms with Crippen LogP contribution < -0.4 is 10.1 Å². The zero-order valence-electron chi connectivity index (χ0n) is 13.1. The summed E-state index contributed by atoms with van der Waals surface area (Å²) in [7, 11) is 1.66. The summed E-state index contributed by atoms with van der Waals surface area (Å²) in [6.07, 6.45) is 0.954. The number of ether oxygens (including phenoxy) is 2. The summed E-state index contributed by atoms with van der Waals surface area (Å²) >= 11 is 0. The standard InChI is InChI=1S/C17H24N2O3/c1-21-14-4-2-13(3-5-14)15-12-16(15)17(20)18-6-7-19-8-10-22-11-9-19/h2-5,15-16H,6-12H2,1H3,(H,18,20). The Kier molecular flexibility index (Phi) is 4.95. The van der Waals surface area contributed by atoms with E-state index in [1.807, 2.05) is 12.1 Å². The van der Waals surface area contributed by atoms with Gasteiger partial charge in [-0.25, -0.2) is 0 Å². The smallest absolute Gasteiger partial charge is 0.223 e. The second-order valence-electron chi connectivity index (χ2n) is 5.97. The lowest BCUT2D eigenvalue weighted by Crippen LogP contribution is -2.41. The van der Waals surface area contributed by atoms with Crippen LogP contribution in [0.25, 0.3) is 0 Å². The fraction of sp³-hybridized carbons (Fsp3) is 0.588. The lowest BCUT2D eigenvalue weighted by Gasteiger charge is -2.26. The first-order valence-electron chi connectivity index (χ1n) is 7.99. The van der Waals surface area contributed by atoms with E-state index in [0.717, 1.165) is 51.6 Å². The van der Waals surface area contributed by atoms with Gasteiger partial charge in [0.2, 0.25) is 5.91 Å². The van der Waals surface area contributed by atoms with Crippen LogP contribution in [0.2, 0.25) is 0 Å². The predicted molar refractivity (Wildman–Crippen MR) is 84.1 cm³/mol. The zero-order chi connectivity index (χ0) is 15.4. The van der Waals surface area contributed by atoms with Gasteiger partial charge in [-0.2, -0.15) is 0 Å². The predicted octanol–water partition coefficient (Wildman–Crippen LogP) is 1.25. The van der Waals surface area contributed by atoms with Crippen molar-refractivity contribution in [1.29, 1.82) is 0 Å². The normalized spacial score (nSPS) is 24.8. The minimum absolute atomic E-state index is 0.137. The van der Waals surface area contributed by atoms with Crippen LogP contribution >= 0.6 is 0 Å². The fourth-order valence-electron chi connectivity index (χ4n) is 3.00. The van der Waals surface area contributed by atoms with Crippen LogP contribution in [0.4, 0.5) is 0 Å². The summed E-state index contributed by atoms with van der Waals surface area (Å²) < 4.78 is 10.5. The monoisotopic (exact) mass is 304 g/mol. The first kappa shape index (κ1) is 15.3. The van der Waals surface area contributed by atoms with E-state index in [0.29, 0.717) is 5.92 Å². The van der Waals surface area contributed by atoms with Crippen LogP contribution in [-0.2, 0) is 9.53 Å². The molecule has 1 aliphatic carbocycles. The number of hydrogen-bond acceptors (Lipinski definition) is 4. The Balaban J connectivity index is 1.40. The van der Waals surface area contributed by atoms with Crippen LogP contribution in [0.15, 0.2) is 24.3 Å². The SMILES string of the molecule is COc1ccc(C2CC2C(=O)NCCN2CCOCC2)cc1. The maximum Gasteiger partial charge on any atom is 0.223 e. The Morgan fingerprint density at radius 3 is 2.73 bits per heavy atom. The molecule has 0 bridgehead atoms. The number of methoxy groups -OCH3 is 1. The van der Waals surface area contributed by atoms with E-state index in [-0.39, 0.29) is 11.8 Å². The van der Waals surface area contributed by atoms with E-state index in [9.17, 15) is 4.79 Å². The van der Waals surface area contributed by atoms with Crippen molar-refractivity contribution in [3.05, 3.63) is 29.8 Å². The van der Waals surface area contributed by atoms with E-state index in [1.165, 1.54) is 5.56 Å². The van der Waals surface area contributed by atoms with Crippen molar-refractivity contribution in [2.24, 2.45) is 5.92 Å². The summed E-state index contributed by atoms with van der Waals surface area (Å²) in [6.45, 7) is 5.17. The quantitative estimate of drug-likeness (QED) is 0.859. The number of morpholine rings is 1. The zero-order valence-corrected chi connectivity index (χ0v) is 13.1. The average Bonchev–Trinajstić information content (AvgIpc) is 3.37. The molecule has 1 N–H and O–H groups in total. The van der Waals surface area contributed by atoms with Crippen molar-refractivity contribution < 1.29 is 14.3 Å². The maximum absolute atomic E-state index is 12.2. The Morgan fingerprint density at radius 1 is 1.32 bits per heavy atom. The minimum atomic E-state index is 0.137. The number of carbonyl (C=O) groups excluding carboxylic acids is 1. The molecule has 1 aliphatic heterocycles. The van der Waals surface area contributed by atoms with Gasteiger partial charge in [0.05, 0.1) is 20.3 Å². The number of amides is 1. The van der Waals surface area contributed by atoms with Crippen molar-refractivity contribution in [3.8, 4) is 5.75 Å². The van der Waals surface area contributed by atoms with E-state index < -0.39 is 0 Å². The highest BCUT2D eigenvalue weighted by atomic mass is 16.5. The number of nitrogens with one attached hydrogen (secondary N) is 1. The van der Waals surface area contributed by atoms with Gasteiger partial charge >= 0.3 is 0 Å². The third-order valence-corrected chi connectivity index (χ3v) is 4.50. The molecule has 120 valence electrons. The average molecular weight is 304 g/mol. The second-order valence-corrected chi connectivity index (χ2v) is 5.97. The first-order valence-corrected chi connectivity index (χ1v) is 7.99. The summed E-state index contributed by atoms with van der Waals surface area (Å²) in [5, 5.41) is 3.07. The van der Waals surface area contributed by atoms with Gasteiger partial charge in [0, 0.05) is 32.1 Å². The summed E-state index contributed by atoms with van der Waals surface area (Å²) in [4.78, 5) is 14.5. The lowest BCUT2D eigenvalue weighted by atomic mass is 10.1. The second kappa shape index (κ2) is 7.11. The molecule has 2 aliphatic rings. The van der Waals surface area contributed by atoms with Gasteiger partial charge in [-0.15, -0.1) is 0 Å². The molecule has 22 heavy (non-hydrogen) atoms. The Bertz CT molecular complexity index is 497.